The summed E-state index contributed by atoms with van der Waals surface area (Å²) in [4.78, 5) is 4.31. The average molecular weight is 264 g/mol. The Labute approximate surface area is 115 Å². The van der Waals surface area contributed by atoms with Crippen LogP contribution in [0.25, 0.3) is 16.7 Å². The third-order valence-electron chi connectivity index (χ3n) is 3.12. The van der Waals surface area contributed by atoms with Gasteiger partial charge in [0.1, 0.15) is 5.75 Å². The van der Waals surface area contributed by atoms with Crippen LogP contribution in [0.1, 0.15) is 5.56 Å². The van der Waals surface area contributed by atoms with Crippen molar-refractivity contribution in [1.29, 1.82) is 5.26 Å². The van der Waals surface area contributed by atoms with Gasteiger partial charge >= 0.3 is 0 Å². The molecule has 0 amide bonds. The molecule has 0 spiro atoms. The lowest BCUT2D eigenvalue weighted by molar-refractivity contribution is 0.414. The van der Waals surface area contributed by atoms with E-state index in [2.05, 4.69) is 11.1 Å². The first kappa shape index (κ1) is 12.1. The van der Waals surface area contributed by atoms with Crippen molar-refractivity contribution in [3.05, 3.63) is 48.0 Å². The average Bonchev–Trinajstić information content (AvgIpc) is 2.82. The molecule has 2 N–H and O–H groups in total. The number of rotatable bonds is 2. The number of hydrogen-bond acceptors (Lipinski definition) is 4. The Morgan fingerprint density at radius 1 is 1.25 bits per heavy atom. The number of imidazole rings is 1. The molecular formula is C15H12N4O. The topological polar surface area (TPSA) is 76.9 Å². The summed E-state index contributed by atoms with van der Waals surface area (Å²) in [5.41, 5.74) is 8.97. The number of ether oxygens (including phenoxy) is 1. The highest BCUT2D eigenvalue weighted by Gasteiger charge is 2.11. The normalized spacial score (nSPS) is 10.4. The van der Waals surface area contributed by atoms with Crippen molar-refractivity contribution in [1.82, 2.24) is 9.55 Å². The second-order valence-electron chi connectivity index (χ2n) is 4.32. The largest absolute Gasteiger partial charge is 0.497 e. The van der Waals surface area contributed by atoms with E-state index < -0.39 is 0 Å². The fraction of sp³-hybridized carbons (Fsp3) is 0.0667. The minimum Gasteiger partial charge on any atom is -0.497 e. The van der Waals surface area contributed by atoms with Gasteiger partial charge in [-0.3, -0.25) is 4.57 Å². The summed E-state index contributed by atoms with van der Waals surface area (Å²) in [6.07, 6.45) is 0. The quantitative estimate of drug-likeness (QED) is 0.771. The van der Waals surface area contributed by atoms with Gasteiger partial charge in [-0.2, -0.15) is 5.26 Å². The Bertz CT molecular complexity index is 829. The summed E-state index contributed by atoms with van der Waals surface area (Å²) in [6, 6.07) is 14.9. The zero-order valence-electron chi connectivity index (χ0n) is 10.9. The van der Waals surface area contributed by atoms with E-state index in [9.17, 15) is 0 Å². The fourth-order valence-corrected chi connectivity index (χ4v) is 2.18. The summed E-state index contributed by atoms with van der Waals surface area (Å²) in [6.45, 7) is 0. The van der Waals surface area contributed by atoms with Crippen molar-refractivity contribution in [3.63, 3.8) is 0 Å². The molecule has 5 heteroatoms. The van der Waals surface area contributed by atoms with Crippen molar-refractivity contribution in [2.24, 2.45) is 0 Å². The lowest BCUT2D eigenvalue weighted by atomic mass is 10.2. The number of nitrogen functional groups attached to an aromatic ring is 1. The van der Waals surface area contributed by atoms with E-state index in [0.717, 1.165) is 22.5 Å². The number of aromatic nitrogens is 2. The van der Waals surface area contributed by atoms with Crippen LogP contribution in [-0.4, -0.2) is 16.7 Å². The SMILES string of the molecule is COc1cccc(-n2c(N)nc3ccc(C#N)cc32)c1. The van der Waals surface area contributed by atoms with Crippen LogP contribution in [0.5, 0.6) is 5.75 Å². The zero-order chi connectivity index (χ0) is 14.1. The fourth-order valence-electron chi connectivity index (χ4n) is 2.18. The predicted octanol–water partition coefficient (Wildman–Crippen LogP) is 2.49. The molecule has 0 aliphatic rings. The lowest BCUT2D eigenvalue weighted by Gasteiger charge is -2.08. The van der Waals surface area contributed by atoms with Crippen LogP contribution >= 0.6 is 0 Å². The standard InChI is InChI=1S/C15H12N4O/c1-20-12-4-2-3-11(8-12)19-14-7-10(9-16)5-6-13(14)18-15(19)17/h2-8H,1H3,(H2,17,18). The molecule has 0 fully saturated rings. The van der Waals surface area contributed by atoms with Crippen molar-refractivity contribution < 1.29 is 4.74 Å². The Hall–Kier alpha value is -3.00. The molecule has 98 valence electrons. The molecule has 2 aromatic carbocycles. The Morgan fingerprint density at radius 2 is 2.10 bits per heavy atom. The summed E-state index contributed by atoms with van der Waals surface area (Å²) in [5, 5.41) is 9.02. The van der Waals surface area contributed by atoms with Gasteiger partial charge in [0.05, 0.1) is 35.5 Å². The maximum atomic E-state index is 9.02. The van der Waals surface area contributed by atoms with E-state index in [1.54, 1.807) is 29.9 Å². The van der Waals surface area contributed by atoms with Crippen LogP contribution in [-0.2, 0) is 0 Å². The van der Waals surface area contributed by atoms with E-state index in [4.69, 9.17) is 15.7 Å². The van der Waals surface area contributed by atoms with Crippen LogP contribution in [0.4, 0.5) is 5.95 Å². The maximum Gasteiger partial charge on any atom is 0.205 e. The Balaban J connectivity index is 2.29. The van der Waals surface area contributed by atoms with Gasteiger partial charge in [0.25, 0.3) is 0 Å². The molecule has 0 saturated heterocycles. The van der Waals surface area contributed by atoms with Gasteiger partial charge in [-0.1, -0.05) is 6.07 Å². The number of nitrogens with zero attached hydrogens (tertiary/aromatic N) is 3. The maximum absolute atomic E-state index is 9.02. The van der Waals surface area contributed by atoms with Crippen LogP contribution in [0.15, 0.2) is 42.5 Å². The Morgan fingerprint density at radius 3 is 2.85 bits per heavy atom. The van der Waals surface area contributed by atoms with E-state index in [-0.39, 0.29) is 0 Å². The zero-order valence-corrected chi connectivity index (χ0v) is 10.9. The highest BCUT2D eigenvalue weighted by atomic mass is 16.5. The van der Waals surface area contributed by atoms with Crippen LogP contribution < -0.4 is 10.5 Å². The van der Waals surface area contributed by atoms with E-state index in [1.165, 1.54) is 0 Å². The molecule has 0 atom stereocenters. The summed E-state index contributed by atoms with van der Waals surface area (Å²) >= 11 is 0. The van der Waals surface area contributed by atoms with Crippen LogP contribution in [0.3, 0.4) is 0 Å². The van der Waals surface area contributed by atoms with Crippen LogP contribution in [0.2, 0.25) is 0 Å². The molecule has 3 aromatic rings. The summed E-state index contributed by atoms with van der Waals surface area (Å²) in [5.74, 6) is 1.11. The van der Waals surface area contributed by atoms with Gasteiger partial charge in [0, 0.05) is 6.07 Å². The van der Waals surface area contributed by atoms with E-state index >= 15 is 0 Å². The minimum atomic E-state index is 0.378. The molecule has 0 aliphatic heterocycles. The molecule has 1 aromatic heterocycles. The first-order valence-electron chi connectivity index (χ1n) is 6.05. The van der Waals surface area contributed by atoms with Crippen LogP contribution in [0, 0.1) is 11.3 Å². The molecule has 1 heterocycles. The monoisotopic (exact) mass is 264 g/mol. The molecule has 0 unspecified atom stereocenters. The predicted molar refractivity (Wildman–Crippen MR) is 76.7 cm³/mol. The van der Waals surface area contributed by atoms with E-state index in [0.29, 0.717) is 11.5 Å². The third-order valence-corrected chi connectivity index (χ3v) is 3.12. The molecule has 20 heavy (non-hydrogen) atoms. The first-order chi connectivity index (χ1) is 9.72. The van der Waals surface area contributed by atoms with Gasteiger partial charge in [-0.25, -0.2) is 4.98 Å². The van der Waals surface area contributed by atoms with Crippen molar-refractivity contribution in [2.75, 3.05) is 12.8 Å². The summed E-state index contributed by atoms with van der Waals surface area (Å²) < 4.78 is 7.03. The highest BCUT2D eigenvalue weighted by molar-refractivity contribution is 5.82. The number of nitrogens with two attached hydrogens (primary N) is 1. The number of methoxy groups -OCH3 is 1. The molecule has 0 saturated carbocycles. The third kappa shape index (κ3) is 1.84. The Kier molecular flexibility index (Phi) is 2.77. The molecule has 0 radical (unpaired) electrons. The van der Waals surface area contributed by atoms with Gasteiger partial charge in [0.15, 0.2) is 0 Å². The smallest absolute Gasteiger partial charge is 0.205 e. The molecule has 0 aliphatic carbocycles. The lowest BCUT2D eigenvalue weighted by Crippen LogP contribution is -2.00. The number of anilines is 1. The molecule has 3 rings (SSSR count). The number of nitriles is 1. The minimum absolute atomic E-state index is 0.378. The van der Waals surface area contributed by atoms with Gasteiger partial charge in [-0.05, 0) is 30.3 Å². The number of benzene rings is 2. The first-order valence-corrected chi connectivity index (χ1v) is 6.05. The van der Waals surface area contributed by atoms with Gasteiger partial charge in [0.2, 0.25) is 5.95 Å². The van der Waals surface area contributed by atoms with Crippen molar-refractivity contribution in [2.45, 2.75) is 0 Å². The van der Waals surface area contributed by atoms with Gasteiger partial charge < -0.3 is 10.5 Å². The number of fused-ring (bicyclic) bond motifs is 1. The molecular weight excluding hydrogens is 252 g/mol. The molecule has 5 nitrogen and oxygen atoms in total. The summed E-state index contributed by atoms with van der Waals surface area (Å²) in [7, 11) is 1.61. The molecule has 0 bridgehead atoms. The van der Waals surface area contributed by atoms with E-state index in [1.807, 2.05) is 24.3 Å². The van der Waals surface area contributed by atoms with Crippen molar-refractivity contribution in [3.8, 4) is 17.5 Å². The second kappa shape index (κ2) is 4.59. The highest BCUT2D eigenvalue weighted by Crippen LogP contribution is 2.26. The van der Waals surface area contributed by atoms with Crippen molar-refractivity contribution >= 4 is 17.0 Å². The second-order valence-corrected chi connectivity index (χ2v) is 4.32. The van der Waals surface area contributed by atoms with Gasteiger partial charge in [-0.15, -0.1) is 0 Å². The number of hydrogen-bond donors (Lipinski definition) is 1.